The van der Waals surface area contributed by atoms with E-state index in [1.54, 1.807) is 12.4 Å². The van der Waals surface area contributed by atoms with Crippen molar-refractivity contribution in [1.82, 2.24) is 25.1 Å². The lowest BCUT2D eigenvalue weighted by Crippen LogP contribution is -2.02. The van der Waals surface area contributed by atoms with Crippen molar-refractivity contribution in [3.05, 3.63) is 76.8 Å². The van der Waals surface area contributed by atoms with Gasteiger partial charge in [0.05, 0.1) is 5.69 Å². The molecule has 0 aliphatic carbocycles. The molecule has 0 bridgehead atoms. The van der Waals surface area contributed by atoms with E-state index in [0.717, 1.165) is 33.8 Å². The molecule has 4 heterocycles. The number of carbonyl (C=O) groups excluding carboxylic acids is 1. The number of Topliss-reactive ketones (excluding diaryl/α,β-unsaturated/α-hetero) is 1. The third kappa shape index (κ3) is 4.41. The van der Waals surface area contributed by atoms with Gasteiger partial charge in [-0.05, 0) is 55.7 Å². The minimum atomic E-state index is -0.0174. The third-order valence-electron chi connectivity index (χ3n) is 4.49. The maximum absolute atomic E-state index is 12.5. The molecule has 29 heavy (non-hydrogen) atoms. The van der Waals surface area contributed by atoms with Crippen molar-refractivity contribution in [2.75, 3.05) is 0 Å². The van der Waals surface area contributed by atoms with Crippen LogP contribution in [0.2, 0.25) is 0 Å². The van der Waals surface area contributed by atoms with E-state index in [9.17, 15) is 4.79 Å². The van der Waals surface area contributed by atoms with Crippen LogP contribution in [0.25, 0.3) is 22.0 Å². The SMILES string of the molecule is Cc1cc(-c2ncc(CCC(=O)c3nnc(-c4ccccn4)s3)cc2C)ccn1. The Morgan fingerprint density at radius 2 is 1.90 bits per heavy atom. The van der Waals surface area contributed by atoms with E-state index in [-0.39, 0.29) is 5.78 Å². The summed E-state index contributed by atoms with van der Waals surface area (Å²) < 4.78 is 0. The van der Waals surface area contributed by atoms with Gasteiger partial charge >= 0.3 is 0 Å². The van der Waals surface area contributed by atoms with E-state index in [1.807, 2.05) is 50.4 Å². The third-order valence-corrected chi connectivity index (χ3v) is 5.48. The Morgan fingerprint density at radius 1 is 1.00 bits per heavy atom. The molecule has 0 saturated heterocycles. The Morgan fingerprint density at radius 3 is 2.66 bits per heavy atom. The molecule has 0 atom stereocenters. The first-order chi connectivity index (χ1) is 14.1. The van der Waals surface area contributed by atoms with Crippen LogP contribution >= 0.6 is 11.3 Å². The van der Waals surface area contributed by atoms with Crippen LogP contribution in [-0.4, -0.2) is 30.9 Å². The number of aromatic nitrogens is 5. The standard InChI is InChI=1S/C22H19N5OS/c1-14-11-16(13-25-20(14)17-8-10-23-15(2)12-17)6-7-19(28)22-27-26-21(29-22)18-5-3-4-9-24-18/h3-5,8-13H,6-7H2,1-2H3. The van der Waals surface area contributed by atoms with Gasteiger partial charge in [0, 0.05) is 36.3 Å². The number of pyridine rings is 3. The van der Waals surface area contributed by atoms with Gasteiger partial charge in [-0.2, -0.15) is 0 Å². The molecule has 0 amide bonds. The minimum absolute atomic E-state index is 0.0174. The van der Waals surface area contributed by atoms with Crippen LogP contribution < -0.4 is 0 Å². The predicted octanol–water partition coefficient (Wildman–Crippen LogP) is 4.49. The Kier molecular flexibility index (Phi) is 5.48. The molecule has 144 valence electrons. The van der Waals surface area contributed by atoms with Gasteiger partial charge in [0.1, 0.15) is 5.69 Å². The van der Waals surface area contributed by atoms with Gasteiger partial charge in [0.2, 0.25) is 0 Å². The van der Waals surface area contributed by atoms with Crippen molar-refractivity contribution in [3.63, 3.8) is 0 Å². The van der Waals surface area contributed by atoms with Crippen molar-refractivity contribution in [2.45, 2.75) is 26.7 Å². The normalized spacial score (nSPS) is 10.8. The average Bonchev–Trinajstić information content (AvgIpc) is 3.23. The van der Waals surface area contributed by atoms with E-state index >= 15 is 0 Å². The summed E-state index contributed by atoms with van der Waals surface area (Å²) in [5.74, 6) is -0.0174. The highest BCUT2D eigenvalue weighted by Gasteiger charge is 2.15. The van der Waals surface area contributed by atoms with Gasteiger partial charge in [-0.3, -0.25) is 19.7 Å². The Balaban J connectivity index is 1.43. The highest BCUT2D eigenvalue weighted by molar-refractivity contribution is 7.16. The lowest BCUT2D eigenvalue weighted by atomic mass is 10.0. The summed E-state index contributed by atoms with van der Waals surface area (Å²) in [5, 5.41) is 9.21. The number of hydrogen-bond donors (Lipinski definition) is 0. The average molecular weight is 401 g/mol. The van der Waals surface area contributed by atoms with Crippen molar-refractivity contribution in [3.8, 4) is 22.0 Å². The van der Waals surface area contributed by atoms with Gasteiger partial charge in [0.15, 0.2) is 15.8 Å². The topological polar surface area (TPSA) is 81.5 Å². The zero-order valence-electron chi connectivity index (χ0n) is 16.2. The number of aryl methyl sites for hydroxylation is 3. The molecule has 6 nitrogen and oxygen atoms in total. The summed E-state index contributed by atoms with van der Waals surface area (Å²) in [6.45, 7) is 4.00. The molecular weight excluding hydrogens is 382 g/mol. The molecule has 0 unspecified atom stereocenters. The smallest absolute Gasteiger partial charge is 0.193 e. The van der Waals surface area contributed by atoms with Gasteiger partial charge in [-0.25, -0.2) is 0 Å². The van der Waals surface area contributed by atoms with Crippen molar-refractivity contribution < 1.29 is 4.79 Å². The molecule has 4 aromatic heterocycles. The molecule has 0 N–H and O–H groups in total. The maximum Gasteiger partial charge on any atom is 0.193 e. The summed E-state index contributed by atoms with van der Waals surface area (Å²) in [7, 11) is 0. The highest BCUT2D eigenvalue weighted by atomic mass is 32.1. The number of hydrogen-bond acceptors (Lipinski definition) is 7. The van der Waals surface area contributed by atoms with Crippen LogP contribution in [0.4, 0.5) is 0 Å². The van der Waals surface area contributed by atoms with Crippen LogP contribution in [0.1, 0.15) is 33.0 Å². The van der Waals surface area contributed by atoms with Crippen molar-refractivity contribution in [2.24, 2.45) is 0 Å². The number of carbonyl (C=O) groups is 1. The Labute approximate surface area is 172 Å². The van der Waals surface area contributed by atoms with Crippen LogP contribution in [0.3, 0.4) is 0 Å². The van der Waals surface area contributed by atoms with E-state index in [0.29, 0.717) is 22.9 Å². The fourth-order valence-corrected chi connectivity index (χ4v) is 3.85. The van der Waals surface area contributed by atoms with Crippen molar-refractivity contribution >= 4 is 17.1 Å². The van der Waals surface area contributed by atoms with Gasteiger partial charge < -0.3 is 0 Å². The quantitative estimate of drug-likeness (QED) is 0.443. The number of rotatable bonds is 6. The van der Waals surface area contributed by atoms with E-state index in [2.05, 4.69) is 31.2 Å². The first kappa shape index (κ1) is 19.0. The van der Waals surface area contributed by atoms with Gasteiger partial charge in [0.25, 0.3) is 0 Å². The Hall–Kier alpha value is -3.32. The van der Waals surface area contributed by atoms with Crippen LogP contribution in [0.5, 0.6) is 0 Å². The molecule has 4 aromatic rings. The van der Waals surface area contributed by atoms with Crippen LogP contribution in [-0.2, 0) is 6.42 Å². The second kappa shape index (κ2) is 8.36. The molecule has 0 spiro atoms. The Bertz CT molecular complexity index is 1160. The largest absolute Gasteiger partial charge is 0.291 e. The molecule has 7 heteroatoms. The predicted molar refractivity (Wildman–Crippen MR) is 113 cm³/mol. The van der Waals surface area contributed by atoms with Gasteiger partial charge in [-0.15, -0.1) is 10.2 Å². The lowest BCUT2D eigenvalue weighted by Gasteiger charge is -2.08. The van der Waals surface area contributed by atoms with Gasteiger partial charge in [-0.1, -0.05) is 23.5 Å². The van der Waals surface area contributed by atoms with Crippen LogP contribution in [0, 0.1) is 13.8 Å². The summed E-state index contributed by atoms with van der Waals surface area (Å²) in [6, 6.07) is 11.7. The minimum Gasteiger partial charge on any atom is -0.291 e. The zero-order chi connectivity index (χ0) is 20.2. The summed E-state index contributed by atoms with van der Waals surface area (Å²) in [4.78, 5) is 25.6. The molecule has 0 aromatic carbocycles. The fourth-order valence-electron chi connectivity index (χ4n) is 3.06. The van der Waals surface area contributed by atoms with E-state index in [1.165, 1.54) is 11.3 Å². The monoisotopic (exact) mass is 401 g/mol. The van der Waals surface area contributed by atoms with Crippen molar-refractivity contribution in [1.29, 1.82) is 0 Å². The molecule has 0 saturated carbocycles. The summed E-state index contributed by atoms with van der Waals surface area (Å²) >= 11 is 1.28. The molecule has 0 radical (unpaired) electrons. The van der Waals surface area contributed by atoms with E-state index < -0.39 is 0 Å². The first-order valence-corrected chi connectivity index (χ1v) is 10.1. The lowest BCUT2D eigenvalue weighted by molar-refractivity contribution is 0.0981. The van der Waals surface area contributed by atoms with E-state index in [4.69, 9.17) is 0 Å². The molecule has 0 fully saturated rings. The van der Waals surface area contributed by atoms with Crippen LogP contribution in [0.15, 0.2) is 55.0 Å². The maximum atomic E-state index is 12.5. The fraction of sp³-hybridized carbons (Fsp3) is 0.182. The second-order valence-electron chi connectivity index (χ2n) is 6.75. The highest BCUT2D eigenvalue weighted by Crippen LogP contribution is 2.24. The molecule has 0 aliphatic heterocycles. The summed E-state index contributed by atoms with van der Waals surface area (Å²) in [6.07, 6.45) is 6.31. The molecule has 0 aliphatic rings. The zero-order valence-corrected chi connectivity index (χ0v) is 17.0. The number of nitrogens with zero attached hydrogens (tertiary/aromatic N) is 5. The molecule has 4 rings (SSSR count). The summed E-state index contributed by atoms with van der Waals surface area (Å²) in [5.41, 5.74) is 5.78. The first-order valence-electron chi connectivity index (χ1n) is 9.27. The second-order valence-corrected chi connectivity index (χ2v) is 7.72. The number of ketones is 1. The molecular formula is C22H19N5OS.